The largest absolute Gasteiger partial charge is 0.453 e. The summed E-state index contributed by atoms with van der Waals surface area (Å²) in [5, 5.41) is 0. The summed E-state index contributed by atoms with van der Waals surface area (Å²) in [7, 11) is 1.43. The molecule has 11 heavy (non-hydrogen) atoms. The van der Waals surface area contributed by atoms with Gasteiger partial charge in [-0.05, 0) is 26.7 Å². The number of hydrogen-bond donors (Lipinski definition) is 0. The molecule has 0 spiro atoms. The third kappa shape index (κ3) is 1.47. The highest BCUT2D eigenvalue weighted by molar-refractivity contribution is 5.68. The van der Waals surface area contributed by atoms with Crippen LogP contribution in [0.1, 0.15) is 26.7 Å². The van der Waals surface area contributed by atoms with Crippen LogP contribution in [0.15, 0.2) is 0 Å². The first kappa shape index (κ1) is 8.37. The van der Waals surface area contributed by atoms with Gasteiger partial charge in [0.1, 0.15) is 0 Å². The molecule has 1 fully saturated rings. The Hall–Kier alpha value is -0.730. The smallest absolute Gasteiger partial charge is 0.409 e. The summed E-state index contributed by atoms with van der Waals surface area (Å²) in [6.45, 7) is 4.11. The predicted octanol–water partition coefficient (Wildman–Crippen LogP) is 1.63. The molecule has 0 bridgehead atoms. The zero-order valence-electron chi connectivity index (χ0n) is 7.33. The second-order valence-corrected chi connectivity index (χ2v) is 3.15. The molecule has 0 N–H and O–H groups in total. The van der Waals surface area contributed by atoms with Crippen molar-refractivity contribution in [3.8, 4) is 0 Å². The van der Waals surface area contributed by atoms with Gasteiger partial charge in [-0.1, -0.05) is 0 Å². The molecule has 2 unspecified atom stereocenters. The average molecular weight is 157 g/mol. The topological polar surface area (TPSA) is 29.5 Å². The van der Waals surface area contributed by atoms with E-state index in [2.05, 4.69) is 18.6 Å². The van der Waals surface area contributed by atoms with Gasteiger partial charge < -0.3 is 9.64 Å². The molecule has 0 aromatic carbocycles. The summed E-state index contributed by atoms with van der Waals surface area (Å²) in [6, 6.07) is 0.690. The molecule has 0 aromatic rings. The maximum absolute atomic E-state index is 11.1. The van der Waals surface area contributed by atoms with Crippen molar-refractivity contribution in [3.63, 3.8) is 0 Å². The summed E-state index contributed by atoms with van der Waals surface area (Å²) in [6.07, 6.45) is 1.99. The third-order valence-corrected chi connectivity index (χ3v) is 2.34. The zero-order chi connectivity index (χ0) is 8.43. The molecule has 1 aliphatic rings. The molecule has 2 atom stereocenters. The van der Waals surface area contributed by atoms with E-state index in [4.69, 9.17) is 0 Å². The summed E-state index contributed by atoms with van der Waals surface area (Å²) in [4.78, 5) is 12.9. The van der Waals surface area contributed by atoms with Crippen molar-refractivity contribution in [3.05, 3.63) is 0 Å². The molecule has 1 rings (SSSR count). The quantitative estimate of drug-likeness (QED) is 0.534. The maximum Gasteiger partial charge on any atom is 0.409 e. The molecule has 1 aliphatic heterocycles. The standard InChI is InChI=1S/C8H15NO2/c1-6-4-5-7(2)9(6)8(10)11-3/h6-7H,4-5H2,1-3H3. The van der Waals surface area contributed by atoms with Crippen LogP contribution in [0.5, 0.6) is 0 Å². The Balaban J connectivity index is 2.60. The fraction of sp³-hybridized carbons (Fsp3) is 0.875. The second-order valence-electron chi connectivity index (χ2n) is 3.15. The number of ether oxygens (including phenoxy) is 1. The normalized spacial score (nSPS) is 30.6. The van der Waals surface area contributed by atoms with Gasteiger partial charge in [0, 0.05) is 12.1 Å². The van der Waals surface area contributed by atoms with Crippen LogP contribution in [0.25, 0.3) is 0 Å². The van der Waals surface area contributed by atoms with Gasteiger partial charge in [0.25, 0.3) is 0 Å². The number of carbonyl (C=O) groups excluding carboxylic acids is 1. The molecule has 3 nitrogen and oxygen atoms in total. The minimum atomic E-state index is -0.192. The Morgan fingerprint density at radius 2 is 1.82 bits per heavy atom. The van der Waals surface area contributed by atoms with E-state index in [1.54, 1.807) is 4.90 Å². The number of hydrogen-bond acceptors (Lipinski definition) is 2. The van der Waals surface area contributed by atoms with E-state index in [9.17, 15) is 4.79 Å². The number of rotatable bonds is 0. The highest BCUT2D eigenvalue weighted by Gasteiger charge is 2.31. The first-order valence-electron chi connectivity index (χ1n) is 4.03. The molecule has 1 saturated heterocycles. The Labute approximate surface area is 67.3 Å². The first-order valence-corrected chi connectivity index (χ1v) is 4.03. The molecule has 64 valence electrons. The van der Waals surface area contributed by atoms with Gasteiger partial charge in [0.2, 0.25) is 0 Å². The van der Waals surface area contributed by atoms with Crippen molar-refractivity contribution in [2.45, 2.75) is 38.8 Å². The summed E-state index contributed by atoms with van der Waals surface area (Å²) >= 11 is 0. The number of carbonyl (C=O) groups is 1. The van der Waals surface area contributed by atoms with Crippen molar-refractivity contribution in [1.82, 2.24) is 4.90 Å². The lowest BCUT2D eigenvalue weighted by Gasteiger charge is -2.24. The van der Waals surface area contributed by atoms with Crippen molar-refractivity contribution in [2.75, 3.05) is 7.11 Å². The third-order valence-electron chi connectivity index (χ3n) is 2.34. The van der Waals surface area contributed by atoms with E-state index >= 15 is 0 Å². The minimum absolute atomic E-state index is 0.192. The summed E-state index contributed by atoms with van der Waals surface area (Å²) in [5.74, 6) is 0. The molecular formula is C8H15NO2. The first-order chi connectivity index (χ1) is 5.16. The fourth-order valence-corrected chi connectivity index (χ4v) is 1.66. The van der Waals surface area contributed by atoms with Gasteiger partial charge >= 0.3 is 6.09 Å². The predicted molar refractivity (Wildman–Crippen MR) is 42.4 cm³/mol. The molecule has 0 aliphatic carbocycles. The van der Waals surface area contributed by atoms with Gasteiger partial charge in [0.05, 0.1) is 7.11 Å². The van der Waals surface area contributed by atoms with Crippen molar-refractivity contribution < 1.29 is 9.53 Å². The summed E-state index contributed by atoms with van der Waals surface area (Å²) < 4.78 is 4.66. The molecule has 0 aromatic heterocycles. The fourth-order valence-electron chi connectivity index (χ4n) is 1.66. The monoisotopic (exact) mass is 157 g/mol. The Kier molecular flexibility index (Phi) is 2.37. The van der Waals surface area contributed by atoms with Gasteiger partial charge in [-0.25, -0.2) is 4.79 Å². The lowest BCUT2D eigenvalue weighted by atomic mass is 10.2. The molecule has 1 amide bonds. The van der Waals surface area contributed by atoms with Gasteiger partial charge in [0.15, 0.2) is 0 Å². The zero-order valence-corrected chi connectivity index (χ0v) is 7.33. The Bertz CT molecular complexity index is 148. The number of methoxy groups -OCH3 is 1. The van der Waals surface area contributed by atoms with E-state index in [1.807, 2.05) is 0 Å². The van der Waals surface area contributed by atoms with E-state index < -0.39 is 0 Å². The van der Waals surface area contributed by atoms with Gasteiger partial charge in [-0.3, -0.25) is 0 Å². The van der Waals surface area contributed by atoms with Crippen LogP contribution in [-0.2, 0) is 4.74 Å². The highest BCUT2D eigenvalue weighted by atomic mass is 16.5. The van der Waals surface area contributed by atoms with Crippen LogP contribution >= 0.6 is 0 Å². The maximum atomic E-state index is 11.1. The molecule has 0 saturated carbocycles. The average Bonchev–Trinajstić information content (AvgIpc) is 2.30. The van der Waals surface area contributed by atoms with Crippen molar-refractivity contribution >= 4 is 6.09 Å². The Morgan fingerprint density at radius 1 is 1.36 bits per heavy atom. The van der Waals surface area contributed by atoms with Crippen LogP contribution in [0, 0.1) is 0 Å². The van der Waals surface area contributed by atoms with Gasteiger partial charge in [-0.15, -0.1) is 0 Å². The SMILES string of the molecule is COC(=O)N1C(C)CCC1C. The lowest BCUT2D eigenvalue weighted by Crippen LogP contribution is -2.38. The van der Waals surface area contributed by atoms with Gasteiger partial charge in [-0.2, -0.15) is 0 Å². The number of amides is 1. The van der Waals surface area contributed by atoms with Crippen molar-refractivity contribution in [2.24, 2.45) is 0 Å². The van der Waals surface area contributed by atoms with E-state index in [0.717, 1.165) is 12.8 Å². The second kappa shape index (κ2) is 3.11. The minimum Gasteiger partial charge on any atom is -0.453 e. The molecule has 0 radical (unpaired) electrons. The van der Waals surface area contributed by atoms with Crippen LogP contribution in [0.4, 0.5) is 4.79 Å². The molecule has 3 heteroatoms. The number of likely N-dealkylation sites (tertiary alicyclic amines) is 1. The van der Waals surface area contributed by atoms with Crippen molar-refractivity contribution in [1.29, 1.82) is 0 Å². The summed E-state index contributed by atoms with van der Waals surface area (Å²) in [5.41, 5.74) is 0. The number of nitrogens with zero attached hydrogens (tertiary/aromatic N) is 1. The van der Waals surface area contributed by atoms with E-state index in [-0.39, 0.29) is 6.09 Å². The molecule has 1 heterocycles. The van der Waals surface area contributed by atoms with Crippen LogP contribution in [-0.4, -0.2) is 30.2 Å². The van der Waals surface area contributed by atoms with Crippen LogP contribution in [0.3, 0.4) is 0 Å². The van der Waals surface area contributed by atoms with Crippen LogP contribution in [0.2, 0.25) is 0 Å². The van der Waals surface area contributed by atoms with E-state index in [1.165, 1.54) is 7.11 Å². The Morgan fingerprint density at radius 3 is 2.18 bits per heavy atom. The molecular weight excluding hydrogens is 142 g/mol. The lowest BCUT2D eigenvalue weighted by molar-refractivity contribution is 0.108. The highest BCUT2D eigenvalue weighted by Crippen LogP contribution is 2.23. The van der Waals surface area contributed by atoms with E-state index in [0.29, 0.717) is 12.1 Å². The van der Waals surface area contributed by atoms with Crippen LogP contribution < -0.4 is 0 Å².